The number of methoxy groups -OCH3 is 1. The third-order valence-corrected chi connectivity index (χ3v) is 16.8. The van der Waals surface area contributed by atoms with Crippen molar-refractivity contribution in [1.82, 2.24) is 34.2 Å². The summed E-state index contributed by atoms with van der Waals surface area (Å²) in [4.78, 5) is 110. The topological polar surface area (TPSA) is 257 Å². The minimum Gasteiger partial charge on any atom is -0.480 e. The molecule has 1 aromatic carbocycles. The number of piperazine rings is 1. The molecule has 4 aromatic heterocycles. The van der Waals surface area contributed by atoms with Gasteiger partial charge in [-0.3, -0.25) is 48.1 Å². The van der Waals surface area contributed by atoms with E-state index in [0.717, 1.165) is 61.6 Å². The Hall–Kier alpha value is -7.07. The Morgan fingerprint density at radius 3 is 2.31 bits per heavy atom. The lowest BCUT2D eigenvalue weighted by atomic mass is 9.90. The Morgan fingerprint density at radius 1 is 0.821 bits per heavy atom. The van der Waals surface area contributed by atoms with E-state index in [9.17, 15) is 33.6 Å². The Kier molecular flexibility index (Phi) is 13.8. The highest BCUT2D eigenvalue weighted by Crippen LogP contribution is 2.43. The number of benzene rings is 1. The second-order valence-electron chi connectivity index (χ2n) is 22.1. The third-order valence-electron chi connectivity index (χ3n) is 16.4. The fraction of sp³-hybridized carbons (Fsp3) is 0.455. The number of anilines is 5. The van der Waals surface area contributed by atoms with Crippen LogP contribution >= 0.6 is 7.82 Å². The first kappa shape index (κ1) is 53.0. The summed E-state index contributed by atoms with van der Waals surface area (Å²) >= 11 is 0. The summed E-state index contributed by atoms with van der Waals surface area (Å²) in [7, 11) is -3.46. The van der Waals surface area contributed by atoms with Crippen molar-refractivity contribution in [2.24, 2.45) is 5.41 Å². The molecule has 0 radical (unpaired) electrons. The van der Waals surface area contributed by atoms with Gasteiger partial charge in [-0.2, -0.15) is 0 Å². The van der Waals surface area contributed by atoms with Crippen LogP contribution in [0.3, 0.4) is 0 Å². The predicted octanol–water partition coefficient (Wildman–Crippen LogP) is 5.68. The zero-order valence-corrected chi connectivity index (χ0v) is 45.4. The number of aromatic nitrogens is 4. The largest absolute Gasteiger partial charge is 0.480 e. The molecule has 4 N–H and O–H groups in total. The van der Waals surface area contributed by atoms with Crippen molar-refractivity contribution < 1.29 is 52.7 Å². The lowest BCUT2D eigenvalue weighted by molar-refractivity contribution is -0.155. The zero-order chi connectivity index (χ0) is 55.1. The highest BCUT2D eigenvalue weighted by Gasteiger charge is 2.48. The van der Waals surface area contributed by atoms with Crippen LogP contribution in [0.1, 0.15) is 114 Å². The lowest BCUT2D eigenvalue weighted by Gasteiger charge is -2.48. The van der Waals surface area contributed by atoms with Gasteiger partial charge in [-0.1, -0.05) is 13.8 Å². The quantitative estimate of drug-likeness (QED) is 0.0817. The summed E-state index contributed by atoms with van der Waals surface area (Å²) < 4.78 is 23.5. The number of phosphoric ester groups is 1. The molecule has 3 fully saturated rings. The number of piperidine rings is 2. The molecule has 1 unspecified atom stereocenters. The Morgan fingerprint density at radius 2 is 1.59 bits per heavy atom. The van der Waals surface area contributed by atoms with Gasteiger partial charge in [-0.15, -0.1) is 0 Å². The molecule has 410 valence electrons. The fourth-order valence-electron chi connectivity index (χ4n) is 12.7. The first-order valence-electron chi connectivity index (χ1n) is 26.5. The molecule has 0 bridgehead atoms. The number of ether oxygens (including phenoxy) is 1. The molecule has 11 rings (SSSR count). The van der Waals surface area contributed by atoms with Crippen LogP contribution in [0.2, 0.25) is 0 Å². The molecule has 23 heteroatoms. The minimum atomic E-state index is -5.01. The predicted molar refractivity (Wildman–Crippen MR) is 287 cm³/mol. The second-order valence-corrected chi connectivity index (χ2v) is 23.4. The van der Waals surface area contributed by atoms with Crippen LogP contribution in [-0.4, -0.2) is 149 Å². The van der Waals surface area contributed by atoms with E-state index in [0.29, 0.717) is 76.2 Å². The van der Waals surface area contributed by atoms with Crippen molar-refractivity contribution in [1.29, 1.82) is 0 Å². The van der Waals surface area contributed by atoms with Crippen LogP contribution in [-0.2, 0) is 38.1 Å². The van der Waals surface area contributed by atoms with Crippen molar-refractivity contribution in [3.8, 4) is 17.0 Å². The number of pyridine rings is 3. The third kappa shape index (κ3) is 9.72. The molecule has 1 aliphatic carbocycles. The summed E-state index contributed by atoms with van der Waals surface area (Å²) in [6.45, 7) is 13.8. The molecule has 78 heavy (non-hydrogen) atoms. The summed E-state index contributed by atoms with van der Waals surface area (Å²) in [5, 5.41) is 14.7. The smallest absolute Gasteiger partial charge is 0.471 e. The van der Waals surface area contributed by atoms with Crippen molar-refractivity contribution in [3.05, 3.63) is 101 Å². The molecule has 5 aliphatic heterocycles. The number of hydrogen-bond donors (Lipinski definition) is 4. The van der Waals surface area contributed by atoms with E-state index in [2.05, 4.69) is 72.8 Å². The van der Waals surface area contributed by atoms with Crippen LogP contribution in [0.15, 0.2) is 67.1 Å². The van der Waals surface area contributed by atoms with Gasteiger partial charge in [0.1, 0.15) is 35.8 Å². The van der Waals surface area contributed by atoms with Gasteiger partial charge >= 0.3 is 7.82 Å². The standard InChI is InChI=1S/C55H64N11O11P/c1-31-21-36(14-16-61(31)37-7-9-40-41(24-37)52(70)66(51(40)69)43-10-12-47(68)65(53(43)71)30-77-78(73,74)75)60-17-18-62(32(2)29-60)38-8-11-46(57-28-38)59-42-22-35(27-58-50(42)76-6)39-13-15-56-49(48(39)33(3)67)64-20-19-63-44(54(64)72)23-34-25-55(4,5)26-45(34)63/h7-9,11,13,15,22-24,27-28,31-33,36,43,67H,10,12,14,16-21,25-26,29-30H2,1-6H3,(H,57,59)(H2,73,74,75)/t31-,32-,33+,36?,43-/m0/s1. The summed E-state index contributed by atoms with van der Waals surface area (Å²) in [5.41, 5.74) is 7.85. The van der Waals surface area contributed by atoms with Crippen molar-refractivity contribution in [2.75, 3.05) is 66.6 Å². The van der Waals surface area contributed by atoms with Crippen LogP contribution in [0, 0.1) is 5.41 Å². The lowest BCUT2D eigenvalue weighted by Crippen LogP contribution is -2.58. The molecule has 22 nitrogen and oxygen atoms in total. The maximum atomic E-state index is 14.1. The van der Waals surface area contributed by atoms with Gasteiger partial charge in [0.05, 0.1) is 36.2 Å². The van der Waals surface area contributed by atoms with E-state index in [-0.39, 0.29) is 47.4 Å². The zero-order valence-electron chi connectivity index (χ0n) is 44.5. The number of fused-ring (bicyclic) bond motifs is 4. The maximum absolute atomic E-state index is 14.1. The Balaban J connectivity index is 0.717. The summed E-state index contributed by atoms with van der Waals surface area (Å²) in [6.07, 6.45) is 7.55. The molecule has 3 saturated heterocycles. The number of hydrogen-bond acceptors (Lipinski definition) is 16. The molecule has 5 amide bonds. The van der Waals surface area contributed by atoms with E-state index in [1.54, 1.807) is 43.5 Å². The number of likely N-dealkylation sites (tertiary alicyclic amines) is 1. The first-order valence-corrected chi connectivity index (χ1v) is 28.0. The number of rotatable bonds is 13. The number of carbonyl (C=O) groups is 5. The van der Waals surface area contributed by atoms with Crippen LogP contribution in [0.25, 0.3) is 11.1 Å². The van der Waals surface area contributed by atoms with Gasteiger partial charge in [-0.05, 0) is 118 Å². The van der Waals surface area contributed by atoms with E-state index < -0.39 is 50.3 Å². The minimum absolute atomic E-state index is 0.0985. The van der Waals surface area contributed by atoms with E-state index in [1.807, 2.05) is 36.5 Å². The normalized spacial score (nSPS) is 23.0. The van der Waals surface area contributed by atoms with Crippen molar-refractivity contribution >= 4 is 66.1 Å². The molecule has 5 aromatic rings. The molecule has 6 aliphatic rings. The summed E-state index contributed by atoms with van der Waals surface area (Å²) in [6, 6.07) is 14.1. The fourth-order valence-corrected chi connectivity index (χ4v) is 12.9. The van der Waals surface area contributed by atoms with Gasteiger partial charge < -0.3 is 39.3 Å². The molecular formula is C55H64N11O11P. The number of amides is 5. The number of nitrogens with zero attached hydrogens (tertiary/aromatic N) is 10. The number of phosphoric acid groups is 1. The van der Waals surface area contributed by atoms with E-state index in [4.69, 9.17) is 19.5 Å². The summed E-state index contributed by atoms with van der Waals surface area (Å²) in [5.74, 6) is -1.77. The van der Waals surface area contributed by atoms with Crippen molar-refractivity contribution in [3.63, 3.8) is 0 Å². The van der Waals surface area contributed by atoms with Gasteiger partial charge in [0.25, 0.3) is 23.6 Å². The number of aliphatic hydroxyl groups excluding tert-OH is 1. The molecule has 5 atom stereocenters. The number of nitrogens with one attached hydrogen (secondary N) is 1. The van der Waals surface area contributed by atoms with Gasteiger partial charge in [-0.25, -0.2) is 19.5 Å². The molecule has 0 saturated carbocycles. The van der Waals surface area contributed by atoms with E-state index in [1.165, 1.54) is 11.3 Å². The van der Waals surface area contributed by atoms with Gasteiger partial charge in [0, 0.05) is 98.7 Å². The van der Waals surface area contributed by atoms with Crippen molar-refractivity contribution in [2.45, 2.75) is 110 Å². The SMILES string of the molecule is COc1ncc(-c2ccnc(N3CCn4c(cc5c4CC(C)(C)C5)C3=O)c2[C@@H](C)O)cc1Nc1ccc(N2CCN(C3CCN(c4ccc5c(c4)C(=O)N([C@H]4CCC(=O)N(COP(=O)(O)O)C4=O)C5=O)[C@@H](C)C3)C[C@@H]2C)cn1. The van der Waals surface area contributed by atoms with Gasteiger partial charge in [0.2, 0.25) is 11.8 Å². The Bertz CT molecular complexity index is 3310. The monoisotopic (exact) mass is 1090 g/mol. The number of carbonyl (C=O) groups excluding carboxylic acids is 5. The second kappa shape index (κ2) is 20.3. The molecule has 9 heterocycles. The highest BCUT2D eigenvalue weighted by atomic mass is 31.2. The average molecular weight is 1090 g/mol. The average Bonchev–Trinajstić information content (AvgIpc) is 4.04. The number of aliphatic hydroxyl groups is 1. The van der Waals surface area contributed by atoms with E-state index >= 15 is 0 Å². The van der Waals surface area contributed by atoms with Crippen LogP contribution in [0.4, 0.5) is 28.7 Å². The number of imide groups is 2. The van der Waals surface area contributed by atoms with Gasteiger partial charge in [0.15, 0.2) is 0 Å². The van der Waals surface area contributed by atoms with Crippen LogP contribution < -0.4 is 24.8 Å². The maximum Gasteiger partial charge on any atom is 0.471 e. The first-order chi connectivity index (χ1) is 37.2. The highest BCUT2D eigenvalue weighted by molar-refractivity contribution is 7.46. The molecule has 0 spiro atoms. The van der Waals surface area contributed by atoms with Crippen LogP contribution in [0.5, 0.6) is 5.88 Å². The molecular weight excluding hydrogens is 1020 g/mol. The Labute approximate surface area is 451 Å².